The van der Waals surface area contributed by atoms with Crippen molar-refractivity contribution in [3.8, 4) is 0 Å². The SMILES string of the molecule is CC1(C)[C@H]2CC[C@](C)(C2)[C@@H]1OC[C@@H](O)CN1CCN(Cc2ccc(Cl)cc2)CC1. The summed E-state index contributed by atoms with van der Waals surface area (Å²) in [6.45, 7) is 13.3. The molecule has 162 valence electrons. The molecule has 1 N–H and O–H groups in total. The number of aliphatic hydroxyl groups excluding tert-OH is 1. The van der Waals surface area contributed by atoms with Crippen LogP contribution in [0.2, 0.25) is 5.02 Å². The minimum atomic E-state index is -0.406. The van der Waals surface area contributed by atoms with Crippen LogP contribution in [-0.2, 0) is 11.3 Å². The van der Waals surface area contributed by atoms with Crippen molar-refractivity contribution in [2.24, 2.45) is 16.7 Å². The molecule has 3 fully saturated rings. The molecule has 4 atom stereocenters. The number of benzene rings is 1. The van der Waals surface area contributed by atoms with Crippen molar-refractivity contribution in [2.45, 2.75) is 58.8 Å². The van der Waals surface area contributed by atoms with E-state index in [0.29, 0.717) is 18.6 Å². The quantitative estimate of drug-likeness (QED) is 0.721. The Morgan fingerprint density at radius 1 is 1.10 bits per heavy atom. The predicted molar refractivity (Wildman–Crippen MR) is 118 cm³/mol. The average Bonchev–Trinajstić information content (AvgIpc) is 3.16. The zero-order chi connectivity index (χ0) is 20.6. The van der Waals surface area contributed by atoms with Crippen LogP contribution in [0.3, 0.4) is 0 Å². The molecule has 1 aromatic carbocycles. The van der Waals surface area contributed by atoms with E-state index in [0.717, 1.165) is 43.7 Å². The van der Waals surface area contributed by atoms with Gasteiger partial charge in [0.15, 0.2) is 0 Å². The lowest BCUT2D eigenvalue weighted by atomic mass is 9.70. The molecule has 0 radical (unpaired) electrons. The zero-order valence-corrected chi connectivity index (χ0v) is 19.0. The van der Waals surface area contributed by atoms with Crippen LogP contribution in [0.4, 0.5) is 0 Å². The second-order valence-corrected chi connectivity index (χ2v) is 10.9. The predicted octanol–water partition coefficient (Wildman–Crippen LogP) is 4.05. The topological polar surface area (TPSA) is 35.9 Å². The van der Waals surface area contributed by atoms with Gasteiger partial charge in [0.25, 0.3) is 0 Å². The number of halogens is 1. The number of aliphatic hydroxyl groups is 1. The standard InChI is InChI=1S/C24H37ClN2O2/c1-23(2)19-8-9-24(3,14-19)22(23)29-17-21(28)16-27-12-10-26(11-13-27)15-18-4-6-20(25)7-5-18/h4-7,19,21-22,28H,8-17H2,1-3H3/t19-,21-,22+,24+/m0/s1. The number of ether oxygens (including phenoxy) is 1. The smallest absolute Gasteiger partial charge is 0.0900 e. The van der Waals surface area contributed by atoms with Gasteiger partial charge in [0, 0.05) is 44.3 Å². The average molecular weight is 421 g/mol. The summed E-state index contributed by atoms with van der Waals surface area (Å²) in [6.07, 6.45) is 3.77. The van der Waals surface area contributed by atoms with Gasteiger partial charge in [-0.1, -0.05) is 44.5 Å². The molecule has 2 bridgehead atoms. The lowest BCUT2D eigenvalue weighted by molar-refractivity contribution is -0.114. The summed E-state index contributed by atoms with van der Waals surface area (Å²) in [5, 5.41) is 11.4. The third kappa shape index (κ3) is 4.67. The molecule has 0 unspecified atom stereocenters. The van der Waals surface area contributed by atoms with Gasteiger partial charge in [0.05, 0.1) is 18.8 Å². The fourth-order valence-corrected chi connectivity index (χ4v) is 6.33. The van der Waals surface area contributed by atoms with E-state index in [1.165, 1.54) is 24.8 Å². The van der Waals surface area contributed by atoms with Crippen LogP contribution in [0.1, 0.15) is 45.6 Å². The molecular weight excluding hydrogens is 384 g/mol. The number of piperazine rings is 1. The van der Waals surface area contributed by atoms with Gasteiger partial charge in [-0.3, -0.25) is 9.80 Å². The van der Waals surface area contributed by atoms with Crippen LogP contribution >= 0.6 is 11.6 Å². The highest BCUT2D eigenvalue weighted by molar-refractivity contribution is 6.30. The Labute approximate surface area is 181 Å². The molecule has 0 aromatic heterocycles. The summed E-state index contributed by atoms with van der Waals surface area (Å²) in [6, 6.07) is 8.13. The van der Waals surface area contributed by atoms with Gasteiger partial charge in [-0.15, -0.1) is 0 Å². The summed E-state index contributed by atoms with van der Waals surface area (Å²) in [5.74, 6) is 0.781. The van der Waals surface area contributed by atoms with Gasteiger partial charge in [0.1, 0.15) is 0 Å². The van der Waals surface area contributed by atoms with Gasteiger partial charge in [-0.25, -0.2) is 0 Å². The van der Waals surface area contributed by atoms with Crippen LogP contribution in [0.15, 0.2) is 24.3 Å². The van der Waals surface area contributed by atoms with Crippen LogP contribution in [0, 0.1) is 16.7 Å². The Bertz CT molecular complexity index is 682. The molecule has 1 heterocycles. The van der Waals surface area contributed by atoms with Gasteiger partial charge >= 0.3 is 0 Å². The molecule has 5 heteroatoms. The molecular formula is C24H37ClN2O2. The van der Waals surface area contributed by atoms with Crippen LogP contribution < -0.4 is 0 Å². The van der Waals surface area contributed by atoms with E-state index in [1.54, 1.807) is 0 Å². The monoisotopic (exact) mass is 420 g/mol. The highest BCUT2D eigenvalue weighted by Crippen LogP contribution is 2.63. The number of hydrogen-bond acceptors (Lipinski definition) is 4. The second-order valence-electron chi connectivity index (χ2n) is 10.5. The van der Waals surface area contributed by atoms with Gasteiger partial charge < -0.3 is 9.84 Å². The largest absolute Gasteiger partial charge is 0.389 e. The van der Waals surface area contributed by atoms with E-state index in [4.69, 9.17) is 16.3 Å². The maximum absolute atomic E-state index is 10.6. The van der Waals surface area contributed by atoms with Crippen molar-refractivity contribution >= 4 is 11.6 Å². The molecule has 1 aliphatic heterocycles. The molecule has 2 saturated carbocycles. The first kappa shape index (κ1) is 21.6. The van der Waals surface area contributed by atoms with E-state index in [2.05, 4.69) is 42.7 Å². The normalized spacial score (nSPS) is 33.3. The third-order valence-corrected chi connectivity index (χ3v) is 8.10. The Balaban J connectivity index is 1.19. The molecule has 29 heavy (non-hydrogen) atoms. The highest BCUT2D eigenvalue weighted by atomic mass is 35.5. The van der Waals surface area contributed by atoms with Crippen molar-refractivity contribution in [1.29, 1.82) is 0 Å². The minimum absolute atomic E-state index is 0.236. The fourth-order valence-electron chi connectivity index (χ4n) is 6.21. The van der Waals surface area contributed by atoms with Crippen LogP contribution in [0.5, 0.6) is 0 Å². The van der Waals surface area contributed by atoms with Crippen molar-refractivity contribution in [3.05, 3.63) is 34.9 Å². The minimum Gasteiger partial charge on any atom is -0.389 e. The number of nitrogens with zero attached hydrogens (tertiary/aromatic N) is 2. The Kier molecular flexibility index (Phi) is 6.30. The molecule has 1 saturated heterocycles. The molecule has 2 aliphatic carbocycles. The first-order chi connectivity index (χ1) is 13.8. The third-order valence-electron chi connectivity index (χ3n) is 7.85. The summed E-state index contributed by atoms with van der Waals surface area (Å²) in [5.41, 5.74) is 1.85. The van der Waals surface area contributed by atoms with Gasteiger partial charge in [-0.05, 0) is 53.7 Å². The van der Waals surface area contributed by atoms with E-state index in [1.807, 2.05) is 12.1 Å². The van der Waals surface area contributed by atoms with Crippen molar-refractivity contribution in [1.82, 2.24) is 9.80 Å². The molecule has 0 amide bonds. The summed E-state index contributed by atoms with van der Waals surface area (Å²) in [4.78, 5) is 4.85. The summed E-state index contributed by atoms with van der Waals surface area (Å²) >= 11 is 5.98. The maximum Gasteiger partial charge on any atom is 0.0900 e. The second kappa shape index (κ2) is 8.47. The molecule has 4 nitrogen and oxygen atoms in total. The van der Waals surface area contributed by atoms with E-state index in [9.17, 15) is 5.11 Å². The maximum atomic E-state index is 10.6. The first-order valence-electron chi connectivity index (χ1n) is 11.2. The Morgan fingerprint density at radius 2 is 1.76 bits per heavy atom. The van der Waals surface area contributed by atoms with Crippen LogP contribution in [-0.4, -0.2) is 66.4 Å². The number of hydrogen-bond donors (Lipinski definition) is 1. The van der Waals surface area contributed by atoms with Gasteiger partial charge in [-0.2, -0.15) is 0 Å². The molecule has 0 spiro atoms. The Hall–Kier alpha value is -0.650. The molecule has 1 aromatic rings. The van der Waals surface area contributed by atoms with E-state index >= 15 is 0 Å². The summed E-state index contributed by atoms with van der Waals surface area (Å²) < 4.78 is 6.37. The Morgan fingerprint density at radius 3 is 2.38 bits per heavy atom. The lowest BCUT2D eigenvalue weighted by Gasteiger charge is -2.43. The zero-order valence-electron chi connectivity index (χ0n) is 18.2. The number of fused-ring (bicyclic) bond motifs is 2. The fraction of sp³-hybridized carbons (Fsp3) is 0.750. The van der Waals surface area contributed by atoms with Gasteiger partial charge in [0.2, 0.25) is 0 Å². The highest BCUT2D eigenvalue weighted by Gasteiger charge is 2.60. The molecule has 3 aliphatic rings. The van der Waals surface area contributed by atoms with Crippen molar-refractivity contribution < 1.29 is 9.84 Å². The molecule has 4 rings (SSSR count). The van der Waals surface area contributed by atoms with E-state index in [-0.39, 0.29) is 11.5 Å². The number of β-amino-alcohol motifs (C(OH)–C–C–N with tert-alkyl or cyclic N) is 1. The van der Waals surface area contributed by atoms with Crippen LogP contribution in [0.25, 0.3) is 0 Å². The first-order valence-corrected chi connectivity index (χ1v) is 11.6. The van der Waals surface area contributed by atoms with Crippen molar-refractivity contribution in [2.75, 3.05) is 39.3 Å². The van der Waals surface area contributed by atoms with Crippen molar-refractivity contribution in [3.63, 3.8) is 0 Å². The summed E-state index contributed by atoms with van der Waals surface area (Å²) in [7, 11) is 0. The lowest BCUT2D eigenvalue weighted by Crippen LogP contribution is -2.49. The van der Waals surface area contributed by atoms with E-state index < -0.39 is 6.10 Å². The number of rotatable bonds is 7.